The van der Waals surface area contributed by atoms with Crippen LogP contribution in [0.25, 0.3) is 17.1 Å². The van der Waals surface area contributed by atoms with E-state index in [1.807, 2.05) is 0 Å². The summed E-state index contributed by atoms with van der Waals surface area (Å²) in [6.45, 7) is -0.308. The number of nitrogens with zero attached hydrogens (tertiary/aromatic N) is 5. The number of rotatable bonds is 8. The first-order valence-electron chi connectivity index (χ1n) is 13.8. The van der Waals surface area contributed by atoms with E-state index in [1.54, 1.807) is 13.0 Å². The van der Waals surface area contributed by atoms with Gasteiger partial charge in [0, 0.05) is 16.7 Å². The van der Waals surface area contributed by atoms with E-state index in [4.69, 9.17) is 4.74 Å². The number of aromatic nitrogens is 3. The number of hydrogen-bond acceptors (Lipinski definition) is 6. The van der Waals surface area contributed by atoms with E-state index in [-0.39, 0.29) is 44.9 Å². The van der Waals surface area contributed by atoms with E-state index < -0.39 is 54.8 Å². The summed E-state index contributed by atoms with van der Waals surface area (Å²) < 4.78 is 124. The van der Waals surface area contributed by atoms with Gasteiger partial charge in [0.05, 0.1) is 29.4 Å². The monoisotopic (exact) mass is 716 g/mol. The number of urea groups is 1. The Morgan fingerprint density at radius 1 is 1.00 bits per heavy atom. The number of hydrogen-bond donors (Lipinski definition) is 1. The van der Waals surface area contributed by atoms with Crippen molar-refractivity contribution in [3.8, 4) is 17.1 Å². The second-order valence-corrected chi connectivity index (χ2v) is 11.4. The Morgan fingerprint density at radius 3 is 2.37 bits per heavy atom. The number of carbonyl (C=O) groups excluding carboxylic acids is 2. The molecule has 3 aromatic carbocycles. The van der Waals surface area contributed by atoms with Gasteiger partial charge in [-0.25, -0.2) is 18.9 Å². The van der Waals surface area contributed by atoms with Crippen LogP contribution < -0.4 is 10.2 Å². The zero-order chi connectivity index (χ0) is 35.7. The normalized spacial score (nSPS) is 14.9. The number of ether oxygens (including phenoxy) is 1. The molecule has 3 amide bonds. The number of amidine groups is 1. The smallest absolute Gasteiger partial charge is 0.367 e. The predicted molar refractivity (Wildman–Crippen MR) is 160 cm³/mol. The van der Waals surface area contributed by atoms with Gasteiger partial charge in [-0.15, -0.1) is 5.10 Å². The highest BCUT2D eigenvalue weighted by atomic mass is 32.2. The summed E-state index contributed by atoms with van der Waals surface area (Å²) in [6, 6.07) is 10.2. The number of benzene rings is 3. The predicted octanol–water partition coefficient (Wildman–Crippen LogP) is 7.78. The average Bonchev–Trinajstić information content (AvgIpc) is 3.65. The zero-order valence-corrected chi connectivity index (χ0v) is 25.6. The summed E-state index contributed by atoms with van der Waals surface area (Å²) in [5.41, 5.74) is -0.326. The maximum Gasteiger partial charge on any atom is 0.458 e. The Morgan fingerprint density at radius 2 is 1.71 bits per heavy atom. The molecular formula is C30H21F9N6O3S. The maximum absolute atomic E-state index is 15.0. The molecule has 0 atom stereocenters. The molecule has 1 aliphatic heterocycles. The fraction of sp³-hybridized carbons (Fsp3) is 0.233. The van der Waals surface area contributed by atoms with Crippen molar-refractivity contribution in [3.05, 3.63) is 89.5 Å². The number of alkyl halides is 8. The molecule has 0 aliphatic carbocycles. The van der Waals surface area contributed by atoms with Crippen molar-refractivity contribution in [1.82, 2.24) is 14.8 Å². The van der Waals surface area contributed by atoms with Crippen LogP contribution in [-0.2, 0) is 22.1 Å². The molecule has 0 saturated carbocycles. The van der Waals surface area contributed by atoms with E-state index in [9.17, 15) is 44.7 Å². The third-order valence-electron chi connectivity index (χ3n) is 6.78. The number of carbonyl (C=O) groups is 2. The molecule has 5 rings (SSSR count). The lowest BCUT2D eigenvalue weighted by Gasteiger charge is -2.21. The minimum absolute atomic E-state index is 0.0496. The summed E-state index contributed by atoms with van der Waals surface area (Å²) in [7, 11) is 0. The van der Waals surface area contributed by atoms with Gasteiger partial charge in [-0.1, -0.05) is 36.0 Å². The first kappa shape index (κ1) is 35.4. The molecule has 1 aliphatic rings. The molecule has 1 aromatic heterocycles. The lowest BCUT2D eigenvalue weighted by Crippen LogP contribution is -2.33. The second-order valence-electron chi connectivity index (χ2n) is 10.4. The van der Waals surface area contributed by atoms with Crippen LogP contribution in [-0.4, -0.2) is 56.6 Å². The van der Waals surface area contributed by atoms with Crippen LogP contribution in [0, 0.1) is 12.7 Å². The highest BCUT2D eigenvalue weighted by Crippen LogP contribution is 2.44. The summed E-state index contributed by atoms with van der Waals surface area (Å²) in [5.74, 6) is -6.69. The van der Waals surface area contributed by atoms with Crippen molar-refractivity contribution < 1.29 is 53.8 Å². The average molecular weight is 717 g/mol. The third-order valence-corrected chi connectivity index (χ3v) is 7.70. The van der Waals surface area contributed by atoms with Crippen molar-refractivity contribution in [1.29, 1.82) is 0 Å². The molecule has 0 spiro atoms. The van der Waals surface area contributed by atoms with Gasteiger partial charge < -0.3 is 10.1 Å². The highest BCUT2D eigenvalue weighted by Gasteiger charge is 2.58. The van der Waals surface area contributed by atoms with Crippen LogP contribution in [0.1, 0.15) is 16.7 Å². The SMILES string of the molecule is Cc1ccc(COCC(F)(F)F)c(N2C(=O)CSC2=NC(=O)Nc2ccc(-c3ncn(-c4ccc(C(F)(F)C(F)(F)F)cc4)n3)cc2F)c1. The maximum atomic E-state index is 15.0. The van der Waals surface area contributed by atoms with Crippen LogP contribution in [0.3, 0.4) is 0 Å². The number of aliphatic imine (C=N–C) groups is 1. The molecule has 258 valence electrons. The van der Waals surface area contributed by atoms with Gasteiger partial charge in [0.1, 0.15) is 18.8 Å². The zero-order valence-electron chi connectivity index (χ0n) is 24.7. The summed E-state index contributed by atoms with van der Waals surface area (Å²) >= 11 is 0.887. The van der Waals surface area contributed by atoms with Gasteiger partial charge in [0.15, 0.2) is 11.0 Å². The Kier molecular flexibility index (Phi) is 9.78. The largest absolute Gasteiger partial charge is 0.458 e. The standard InChI is InChI=1S/C30H21F9N6O3S/c1-16-2-3-18(12-48-14-28(32,33)34)23(10-16)45-24(46)13-49-27(45)42-26(47)41-22-9-4-17(11-21(22)31)25-40-15-44(43-25)20-7-5-19(6-8-20)29(35,36)30(37,38)39/h2-11,15H,12-14H2,1H3,(H,41,47). The molecular weight excluding hydrogens is 695 g/mol. The summed E-state index contributed by atoms with van der Waals surface area (Å²) in [4.78, 5) is 34.5. The Bertz CT molecular complexity index is 1910. The van der Waals surface area contributed by atoms with Gasteiger partial charge in [-0.2, -0.15) is 40.1 Å². The molecule has 0 radical (unpaired) electrons. The number of anilines is 2. The van der Waals surface area contributed by atoms with Gasteiger partial charge in [-0.3, -0.25) is 9.69 Å². The minimum Gasteiger partial charge on any atom is -0.367 e. The van der Waals surface area contributed by atoms with Gasteiger partial charge in [0.2, 0.25) is 5.91 Å². The molecule has 2 heterocycles. The second kappa shape index (κ2) is 13.5. The van der Waals surface area contributed by atoms with Crippen molar-refractivity contribution in [2.75, 3.05) is 22.6 Å². The Hall–Kier alpha value is -4.91. The number of aryl methyl sites for hydroxylation is 1. The summed E-state index contributed by atoms with van der Waals surface area (Å²) in [5, 5.41) is 6.24. The first-order chi connectivity index (χ1) is 22.9. The molecule has 0 unspecified atom stereocenters. The van der Waals surface area contributed by atoms with Crippen molar-refractivity contribution in [2.24, 2.45) is 4.99 Å². The van der Waals surface area contributed by atoms with Gasteiger partial charge in [-0.05, 0) is 48.9 Å². The van der Waals surface area contributed by atoms with Gasteiger partial charge >= 0.3 is 24.3 Å². The van der Waals surface area contributed by atoms with E-state index in [0.29, 0.717) is 17.7 Å². The van der Waals surface area contributed by atoms with E-state index >= 15 is 4.39 Å². The van der Waals surface area contributed by atoms with E-state index in [0.717, 1.165) is 45.9 Å². The van der Waals surface area contributed by atoms with E-state index in [2.05, 4.69) is 20.4 Å². The number of halogens is 9. The molecule has 9 nitrogen and oxygen atoms in total. The molecule has 19 heteroatoms. The van der Waals surface area contributed by atoms with Crippen LogP contribution in [0.5, 0.6) is 0 Å². The van der Waals surface area contributed by atoms with Crippen molar-refractivity contribution in [3.63, 3.8) is 0 Å². The fourth-order valence-corrected chi connectivity index (χ4v) is 5.31. The van der Waals surface area contributed by atoms with E-state index in [1.165, 1.54) is 24.3 Å². The molecule has 0 bridgehead atoms. The number of nitrogens with one attached hydrogen (secondary N) is 1. The fourth-order valence-electron chi connectivity index (χ4n) is 4.46. The minimum atomic E-state index is -5.78. The number of thioether (sulfide) groups is 1. The topological polar surface area (TPSA) is 102 Å². The first-order valence-corrected chi connectivity index (χ1v) is 14.8. The lowest BCUT2D eigenvalue weighted by molar-refractivity contribution is -0.289. The van der Waals surface area contributed by atoms with Crippen LogP contribution in [0.4, 0.5) is 55.7 Å². The van der Waals surface area contributed by atoms with Gasteiger partial charge in [0.25, 0.3) is 0 Å². The lowest BCUT2D eigenvalue weighted by atomic mass is 10.1. The highest BCUT2D eigenvalue weighted by molar-refractivity contribution is 8.15. The molecule has 1 N–H and O–H groups in total. The van der Waals surface area contributed by atoms with Crippen LogP contribution in [0.15, 0.2) is 72.0 Å². The van der Waals surface area contributed by atoms with Crippen molar-refractivity contribution >= 4 is 40.2 Å². The quantitative estimate of drug-likeness (QED) is 0.187. The van der Waals surface area contributed by atoms with Crippen LogP contribution in [0.2, 0.25) is 0 Å². The number of amides is 3. The Labute approximate surface area is 274 Å². The Balaban J connectivity index is 1.30. The van der Waals surface area contributed by atoms with Crippen molar-refractivity contribution in [2.45, 2.75) is 31.8 Å². The van der Waals surface area contributed by atoms with Crippen LogP contribution >= 0.6 is 11.8 Å². The molecule has 4 aromatic rings. The molecule has 1 fully saturated rings. The summed E-state index contributed by atoms with van der Waals surface area (Å²) in [6.07, 6.45) is -9.22. The molecule has 49 heavy (non-hydrogen) atoms. The third kappa shape index (κ3) is 8.05. The molecule has 1 saturated heterocycles.